The Morgan fingerprint density at radius 2 is 2.04 bits per heavy atom. The van der Waals surface area contributed by atoms with Crippen LogP contribution in [0.15, 0.2) is 11.5 Å². The van der Waals surface area contributed by atoms with E-state index in [0.717, 1.165) is 11.8 Å². The molecule has 2 aromatic heterocycles. The molecule has 0 aliphatic heterocycles. The zero-order chi connectivity index (χ0) is 17.9. The predicted molar refractivity (Wildman–Crippen MR) is 92.4 cm³/mol. The van der Waals surface area contributed by atoms with Gasteiger partial charge >= 0.3 is 0 Å². The third kappa shape index (κ3) is 5.05. The normalized spacial score (nSPS) is 11.4. The number of anilines is 2. The Kier molecular flexibility index (Phi) is 5.22. The molecule has 0 radical (unpaired) electrons. The minimum Gasteiger partial charge on any atom is -0.369 e. The van der Waals surface area contributed by atoms with Gasteiger partial charge in [-0.25, -0.2) is 4.98 Å². The molecule has 10 nitrogen and oxygen atoms in total. The SMILES string of the molecule is CN(C)c1nc(NC(C)(C)C)nc(-n2cnc(SCC(N)=O)n2)n1. The number of thioether (sulfide) groups is 1. The fraction of sp³-hybridized carbons (Fsp3) is 0.538. The Bertz CT molecular complexity index is 722. The van der Waals surface area contributed by atoms with Gasteiger partial charge in [-0.15, -0.1) is 5.10 Å². The summed E-state index contributed by atoms with van der Waals surface area (Å²) in [6.07, 6.45) is 1.49. The standard InChI is InChI=1S/C13H21N9OS/c1-13(2,3)19-9-16-10(21(4)5)18-11(17-9)22-7-15-12(20-22)24-6-8(14)23/h7H,6H2,1-5H3,(H2,14,23)(H,16,17,18,19). The Morgan fingerprint density at radius 3 is 2.62 bits per heavy atom. The second-order valence-electron chi connectivity index (χ2n) is 6.26. The number of carbonyl (C=O) groups is 1. The number of aromatic nitrogens is 6. The number of nitrogens with two attached hydrogens (primary N) is 1. The number of amides is 1. The van der Waals surface area contributed by atoms with Crippen molar-refractivity contribution in [3.05, 3.63) is 6.33 Å². The number of rotatable bonds is 6. The summed E-state index contributed by atoms with van der Waals surface area (Å²) in [6.45, 7) is 6.04. The molecule has 0 aromatic carbocycles. The van der Waals surface area contributed by atoms with Crippen LogP contribution in [0.3, 0.4) is 0 Å². The quantitative estimate of drug-likeness (QED) is 0.706. The molecule has 2 heterocycles. The lowest BCUT2D eigenvalue weighted by molar-refractivity contribution is -0.115. The van der Waals surface area contributed by atoms with Crippen molar-refractivity contribution >= 4 is 29.6 Å². The number of carbonyl (C=O) groups excluding carboxylic acids is 1. The van der Waals surface area contributed by atoms with Crippen molar-refractivity contribution in [1.29, 1.82) is 0 Å². The van der Waals surface area contributed by atoms with Crippen LogP contribution < -0.4 is 16.0 Å². The van der Waals surface area contributed by atoms with Crippen molar-refractivity contribution in [1.82, 2.24) is 29.7 Å². The maximum absolute atomic E-state index is 10.8. The van der Waals surface area contributed by atoms with Gasteiger partial charge in [0.05, 0.1) is 5.75 Å². The highest BCUT2D eigenvalue weighted by molar-refractivity contribution is 7.99. The smallest absolute Gasteiger partial charge is 0.258 e. The van der Waals surface area contributed by atoms with E-state index in [1.54, 1.807) is 4.90 Å². The lowest BCUT2D eigenvalue weighted by atomic mass is 10.1. The third-order valence-electron chi connectivity index (χ3n) is 2.52. The van der Waals surface area contributed by atoms with E-state index in [1.165, 1.54) is 11.0 Å². The van der Waals surface area contributed by atoms with Gasteiger partial charge in [0, 0.05) is 19.6 Å². The van der Waals surface area contributed by atoms with Crippen LogP contribution in [0.25, 0.3) is 5.95 Å². The summed E-state index contributed by atoms with van der Waals surface area (Å²) >= 11 is 1.15. The Hall–Kier alpha value is -2.43. The van der Waals surface area contributed by atoms with Gasteiger partial charge in [-0.05, 0) is 20.8 Å². The van der Waals surface area contributed by atoms with Crippen LogP contribution in [-0.2, 0) is 4.79 Å². The van der Waals surface area contributed by atoms with Crippen LogP contribution in [0.4, 0.5) is 11.9 Å². The summed E-state index contributed by atoms with van der Waals surface area (Å²) in [4.78, 5) is 29.9. The molecule has 1 amide bonds. The first-order valence-electron chi connectivity index (χ1n) is 7.19. The van der Waals surface area contributed by atoms with E-state index in [1.807, 2.05) is 34.9 Å². The van der Waals surface area contributed by atoms with Crippen LogP contribution >= 0.6 is 11.8 Å². The van der Waals surface area contributed by atoms with Crippen LogP contribution in [0.2, 0.25) is 0 Å². The zero-order valence-electron chi connectivity index (χ0n) is 14.3. The van der Waals surface area contributed by atoms with E-state index >= 15 is 0 Å². The first kappa shape index (κ1) is 17.9. The molecule has 2 rings (SSSR count). The number of nitrogens with one attached hydrogen (secondary N) is 1. The van der Waals surface area contributed by atoms with Crippen LogP contribution in [0, 0.1) is 0 Å². The second-order valence-corrected chi connectivity index (χ2v) is 7.20. The van der Waals surface area contributed by atoms with Gasteiger partial charge in [0.2, 0.25) is 23.0 Å². The Morgan fingerprint density at radius 1 is 1.33 bits per heavy atom. The van der Waals surface area contributed by atoms with E-state index in [0.29, 0.717) is 23.0 Å². The van der Waals surface area contributed by atoms with E-state index in [2.05, 4.69) is 30.4 Å². The highest BCUT2D eigenvalue weighted by Crippen LogP contribution is 2.16. The average molecular weight is 351 g/mol. The average Bonchev–Trinajstić information content (AvgIpc) is 2.91. The summed E-state index contributed by atoms with van der Waals surface area (Å²) in [5.41, 5.74) is 4.92. The third-order valence-corrected chi connectivity index (χ3v) is 3.39. The Labute approximate surface area is 144 Å². The molecule has 0 aliphatic carbocycles. The molecule has 11 heteroatoms. The monoisotopic (exact) mass is 351 g/mol. The number of primary amides is 1. The molecule has 24 heavy (non-hydrogen) atoms. The molecule has 0 unspecified atom stereocenters. The molecular weight excluding hydrogens is 330 g/mol. The first-order valence-corrected chi connectivity index (χ1v) is 8.17. The van der Waals surface area contributed by atoms with Crippen molar-refractivity contribution in [3.8, 4) is 5.95 Å². The molecule has 3 N–H and O–H groups in total. The first-order chi connectivity index (χ1) is 11.1. The molecule has 0 saturated heterocycles. The number of hydrogen-bond donors (Lipinski definition) is 2. The molecule has 2 aromatic rings. The summed E-state index contributed by atoms with van der Waals surface area (Å²) in [5.74, 6) is 0.953. The summed E-state index contributed by atoms with van der Waals surface area (Å²) in [7, 11) is 3.69. The summed E-state index contributed by atoms with van der Waals surface area (Å²) in [6, 6.07) is 0. The lowest BCUT2D eigenvalue weighted by Gasteiger charge is -2.21. The van der Waals surface area contributed by atoms with Crippen molar-refractivity contribution in [2.24, 2.45) is 5.73 Å². The molecule has 0 saturated carbocycles. The predicted octanol–water partition coefficient (Wildman–Crippen LogP) is 0.306. The van der Waals surface area contributed by atoms with Gasteiger partial charge < -0.3 is 16.0 Å². The highest BCUT2D eigenvalue weighted by atomic mass is 32.2. The van der Waals surface area contributed by atoms with Gasteiger partial charge in [0.15, 0.2) is 0 Å². The number of hydrogen-bond acceptors (Lipinski definition) is 9. The van der Waals surface area contributed by atoms with Gasteiger partial charge in [-0.3, -0.25) is 4.79 Å². The Balaban J connectivity index is 2.33. The molecule has 0 atom stereocenters. The van der Waals surface area contributed by atoms with E-state index < -0.39 is 5.91 Å². The van der Waals surface area contributed by atoms with Crippen molar-refractivity contribution in [2.75, 3.05) is 30.1 Å². The minimum atomic E-state index is -0.428. The molecule has 0 bridgehead atoms. The molecule has 0 fully saturated rings. The van der Waals surface area contributed by atoms with Crippen LogP contribution in [0.5, 0.6) is 0 Å². The zero-order valence-corrected chi connectivity index (χ0v) is 15.1. The summed E-state index contributed by atoms with van der Waals surface area (Å²) < 4.78 is 1.44. The topological polar surface area (TPSA) is 128 Å². The van der Waals surface area contributed by atoms with Gasteiger partial charge in [-0.2, -0.15) is 19.6 Å². The minimum absolute atomic E-state index is 0.112. The molecule has 0 aliphatic rings. The van der Waals surface area contributed by atoms with E-state index in [-0.39, 0.29) is 11.3 Å². The highest BCUT2D eigenvalue weighted by Gasteiger charge is 2.16. The molecular formula is C13H21N9OS. The van der Waals surface area contributed by atoms with E-state index in [9.17, 15) is 4.79 Å². The number of nitrogens with zero attached hydrogens (tertiary/aromatic N) is 7. The van der Waals surface area contributed by atoms with Crippen molar-refractivity contribution in [2.45, 2.75) is 31.5 Å². The van der Waals surface area contributed by atoms with Gasteiger partial charge in [0.25, 0.3) is 5.95 Å². The summed E-state index contributed by atoms with van der Waals surface area (Å²) in [5, 5.41) is 7.89. The lowest BCUT2D eigenvalue weighted by Crippen LogP contribution is -2.28. The second kappa shape index (κ2) is 6.99. The molecule has 130 valence electrons. The van der Waals surface area contributed by atoms with Crippen molar-refractivity contribution in [3.63, 3.8) is 0 Å². The fourth-order valence-corrected chi connectivity index (χ4v) is 2.13. The largest absolute Gasteiger partial charge is 0.369 e. The maximum atomic E-state index is 10.8. The molecule has 0 spiro atoms. The fourth-order valence-electron chi connectivity index (χ4n) is 1.59. The van der Waals surface area contributed by atoms with Gasteiger partial charge in [-0.1, -0.05) is 11.8 Å². The van der Waals surface area contributed by atoms with E-state index in [4.69, 9.17) is 5.73 Å². The maximum Gasteiger partial charge on any atom is 0.258 e. The van der Waals surface area contributed by atoms with Crippen LogP contribution in [0.1, 0.15) is 20.8 Å². The van der Waals surface area contributed by atoms with Gasteiger partial charge in [0.1, 0.15) is 6.33 Å². The van der Waals surface area contributed by atoms with Crippen LogP contribution in [-0.4, -0.2) is 61.0 Å². The van der Waals surface area contributed by atoms with Crippen molar-refractivity contribution < 1.29 is 4.79 Å².